The van der Waals surface area contributed by atoms with Crippen LogP contribution in [-0.2, 0) is 6.18 Å². The van der Waals surface area contributed by atoms with Crippen molar-refractivity contribution in [2.24, 2.45) is 0 Å². The summed E-state index contributed by atoms with van der Waals surface area (Å²) in [6.07, 6.45) is -3.59. The van der Waals surface area contributed by atoms with Crippen LogP contribution in [0.3, 0.4) is 0 Å². The lowest BCUT2D eigenvalue weighted by Crippen LogP contribution is -2.14. The summed E-state index contributed by atoms with van der Waals surface area (Å²) in [5, 5.41) is 3.23. The van der Waals surface area contributed by atoms with Crippen LogP contribution >= 0.6 is 0 Å². The molecule has 1 heterocycles. The van der Waals surface area contributed by atoms with Crippen molar-refractivity contribution in [3.8, 4) is 5.75 Å². The van der Waals surface area contributed by atoms with E-state index in [0.29, 0.717) is 0 Å². The third-order valence-electron chi connectivity index (χ3n) is 2.18. The summed E-state index contributed by atoms with van der Waals surface area (Å²) in [6, 6.07) is 4.31. The van der Waals surface area contributed by atoms with Crippen molar-refractivity contribution in [1.29, 1.82) is 0 Å². The Labute approximate surface area is 104 Å². The van der Waals surface area contributed by atoms with Crippen molar-refractivity contribution in [3.05, 3.63) is 41.8 Å². The Balaban J connectivity index is 2.30. The first-order chi connectivity index (χ1) is 8.89. The number of nitrogens with two attached hydrogens (primary N) is 1. The highest BCUT2D eigenvalue weighted by Gasteiger charge is 2.35. The zero-order valence-corrected chi connectivity index (χ0v) is 9.27. The summed E-state index contributed by atoms with van der Waals surface area (Å²) in [5.74, 6) is -2.22. The van der Waals surface area contributed by atoms with Gasteiger partial charge in [-0.1, -0.05) is 17.3 Å². The molecule has 0 saturated carbocycles. The molecule has 0 aliphatic heterocycles. The minimum Gasteiger partial charge on any atom is -0.420 e. The Kier molecular flexibility index (Phi) is 3.16. The number of rotatable bonds is 2. The van der Waals surface area contributed by atoms with E-state index in [-0.39, 0.29) is 5.69 Å². The number of esters is 1. The Morgan fingerprint density at radius 2 is 2.00 bits per heavy atom. The van der Waals surface area contributed by atoms with Crippen molar-refractivity contribution >= 4 is 11.7 Å². The molecule has 2 rings (SSSR count). The van der Waals surface area contributed by atoms with Crippen molar-refractivity contribution in [1.82, 2.24) is 5.16 Å². The molecule has 1 aromatic heterocycles. The average Bonchev–Trinajstić information content (AvgIpc) is 2.75. The van der Waals surface area contributed by atoms with Crippen molar-refractivity contribution in [2.75, 3.05) is 5.73 Å². The number of anilines is 1. The first-order valence-electron chi connectivity index (χ1n) is 4.98. The standard InChI is InChI=1S/C11H7F3N2O3/c12-11(13,14)6-3-1-2-4-8(6)18-10(17)9-7(15)5-16-19-9/h1-5H,15H2. The molecule has 0 atom stereocenters. The van der Waals surface area contributed by atoms with Crippen LogP contribution in [0, 0.1) is 0 Å². The number of benzene rings is 1. The Hall–Kier alpha value is -2.51. The molecule has 19 heavy (non-hydrogen) atoms. The van der Waals surface area contributed by atoms with Gasteiger partial charge in [0.15, 0.2) is 0 Å². The number of para-hydroxylation sites is 1. The topological polar surface area (TPSA) is 78.4 Å². The monoisotopic (exact) mass is 272 g/mol. The van der Waals surface area contributed by atoms with Gasteiger partial charge < -0.3 is 15.0 Å². The second-order valence-corrected chi connectivity index (χ2v) is 3.49. The summed E-state index contributed by atoms with van der Waals surface area (Å²) in [4.78, 5) is 11.6. The van der Waals surface area contributed by atoms with Gasteiger partial charge >= 0.3 is 12.1 Å². The number of hydrogen-bond donors (Lipinski definition) is 1. The SMILES string of the molecule is Nc1cnoc1C(=O)Oc1ccccc1C(F)(F)F. The Morgan fingerprint density at radius 1 is 1.32 bits per heavy atom. The number of ether oxygens (including phenoxy) is 1. The quantitative estimate of drug-likeness (QED) is 0.671. The van der Waals surface area contributed by atoms with Crippen LogP contribution in [0.15, 0.2) is 35.0 Å². The molecule has 1 aromatic carbocycles. The normalized spacial score (nSPS) is 11.3. The summed E-state index contributed by atoms with van der Waals surface area (Å²) < 4.78 is 47.1. The van der Waals surface area contributed by atoms with Crippen LogP contribution in [-0.4, -0.2) is 11.1 Å². The van der Waals surface area contributed by atoms with E-state index in [1.54, 1.807) is 0 Å². The van der Waals surface area contributed by atoms with Crippen molar-refractivity contribution in [3.63, 3.8) is 0 Å². The van der Waals surface area contributed by atoms with Crippen LogP contribution in [0.5, 0.6) is 5.75 Å². The average molecular weight is 272 g/mol. The zero-order chi connectivity index (χ0) is 14.0. The maximum atomic E-state index is 12.7. The highest BCUT2D eigenvalue weighted by atomic mass is 19.4. The number of aromatic nitrogens is 1. The Bertz CT molecular complexity index is 607. The summed E-state index contributed by atoms with van der Waals surface area (Å²) >= 11 is 0. The summed E-state index contributed by atoms with van der Waals surface area (Å²) in [5.41, 5.74) is 4.16. The second-order valence-electron chi connectivity index (χ2n) is 3.49. The maximum Gasteiger partial charge on any atom is 0.419 e. The van der Waals surface area contributed by atoms with Crippen LogP contribution in [0.2, 0.25) is 0 Å². The number of carbonyl (C=O) groups is 1. The van der Waals surface area contributed by atoms with Crippen LogP contribution in [0.25, 0.3) is 0 Å². The second kappa shape index (κ2) is 4.63. The summed E-state index contributed by atoms with van der Waals surface area (Å²) in [6.45, 7) is 0. The minimum atomic E-state index is -4.64. The highest BCUT2D eigenvalue weighted by Crippen LogP contribution is 2.36. The Morgan fingerprint density at radius 3 is 2.58 bits per heavy atom. The maximum absolute atomic E-state index is 12.7. The first-order valence-corrected chi connectivity index (χ1v) is 4.98. The van der Waals surface area contributed by atoms with Gasteiger partial charge in [0.05, 0.1) is 11.8 Å². The molecule has 5 nitrogen and oxygen atoms in total. The fourth-order valence-corrected chi connectivity index (χ4v) is 1.34. The molecule has 0 aliphatic rings. The molecule has 2 aromatic rings. The largest absolute Gasteiger partial charge is 0.420 e. The van der Waals surface area contributed by atoms with Gasteiger partial charge in [0.25, 0.3) is 5.76 Å². The van der Waals surface area contributed by atoms with E-state index >= 15 is 0 Å². The highest BCUT2D eigenvalue weighted by molar-refractivity contribution is 5.93. The predicted molar refractivity (Wildman–Crippen MR) is 57.3 cm³/mol. The van der Waals surface area contributed by atoms with E-state index in [1.165, 1.54) is 12.1 Å². The van der Waals surface area contributed by atoms with Crippen LogP contribution in [0.4, 0.5) is 18.9 Å². The van der Waals surface area contributed by atoms with Gasteiger partial charge in [0.1, 0.15) is 11.4 Å². The van der Waals surface area contributed by atoms with Gasteiger partial charge in [-0.25, -0.2) is 4.79 Å². The van der Waals surface area contributed by atoms with E-state index in [9.17, 15) is 18.0 Å². The molecule has 0 radical (unpaired) electrons. The van der Waals surface area contributed by atoms with Gasteiger partial charge in [-0.15, -0.1) is 0 Å². The summed E-state index contributed by atoms with van der Waals surface area (Å²) in [7, 11) is 0. The molecule has 0 saturated heterocycles. The predicted octanol–water partition coefficient (Wildman–Crippen LogP) is 2.49. The molecular formula is C11H7F3N2O3. The van der Waals surface area contributed by atoms with E-state index in [0.717, 1.165) is 18.3 Å². The molecule has 8 heteroatoms. The minimum absolute atomic E-state index is 0.116. The number of nitrogens with zero attached hydrogens (tertiary/aromatic N) is 1. The van der Waals surface area contributed by atoms with E-state index in [2.05, 4.69) is 14.4 Å². The van der Waals surface area contributed by atoms with Crippen LogP contribution < -0.4 is 10.5 Å². The molecule has 100 valence electrons. The lowest BCUT2D eigenvalue weighted by atomic mass is 10.2. The number of carbonyl (C=O) groups excluding carboxylic acids is 1. The lowest BCUT2D eigenvalue weighted by molar-refractivity contribution is -0.138. The molecule has 2 N–H and O–H groups in total. The van der Waals surface area contributed by atoms with Crippen molar-refractivity contribution in [2.45, 2.75) is 6.18 Å². The fraction of sp³-hybridized carbons (Fsp3) is 0.0909. The lowest BCUT2D eigenvalue weighted by Gasteiger charge is -2.11. The van der Waals surface area contributed by atoms with Crippen molar-refractivity contribution < 1.29 is 27.2 Å². The van der Waals surface area contributed by atoms with Gasteiger partial charge in [0.2, 0.25) is 0 Å². The van der Waals surface area contributed by atoms with E-state index < -0.39 is 29.2 Å². The molecule has 0 amide bonds. The van der Waals surface area contributed by atoms with Gasteiger partial charge in [0, 0.05) is 0 Å². The molecule has 0 spiro atoms. The number of halogens is 3. The molecule has 0 aliphatic carbocycles. The van der Waals surface area contributed by atoms with Crippen LogP contribution in [0.1, 0.15) is 16.1 Å². The van der Waals surface area contributed by atoms with Gasteiger partial charge in [-0.3, -0.25) is 0 Å². The zero-order valence-electron chi connectivity index (χ0n) is 9.27. The number of nitrogen functional groups attached to an aromatic ring is 1. The molecule has 0 bridgehead atoms. The third-order valence-corrected chi connectivity index (χ3v) is 2.18. The van der Waals surface area contributed by atoms with Gasteiger partial charge in [-0.05, 0) is 12.1 Å². The number of hydrogen-bond acceptors (Lipinski definition) is 5. The smallest absolute Gasteiger partial charge is 0.419 e. The van der Waals surface area contributed by atoms with Gasteiger partial charge in [-0.2, -0.15) is 13.2 Å². The molecule has 0 unspecified atom stereocenters. The van der Waals surface area contributed by atoms with E-state index in [1.807, 2.05) is 0 Å². The molecular weight excluding hydrogens is 265 g/mol. The first kappa shape index (κ1) is 12.9. The molecule has 0 fully saturated rings. The fourth-order valence-electron chi connectivity index (χ4n) is 1.34. The number of alkyl halides is 3. The van der Waals surface area contributed by atoms with E-state index in [4.69, 9.17) is 5.73 Å². The third kappa shape index (κ3) is 2.67.